The molecule has 27 heavy (non-hydrogen) atoms. The smallest absolute Gasteiger partial charge is 0.415 e. The largest absolute Gasteiger partial charge is 0.497 e. The number of hydrogen-bond donors (Lipinski definition) is 0. The number of nitrogens with zero attached hydrogens (tertiary/aromatic N) is 2. The molecule has 0 bridgehead atoms. The molecule has 6 heteroatoms. The summed E-state index contributed by atoms with van der Waals surface area (Å²) in [5.74, 6) is 1.45. The Morgan fingerprint density at radius 3 is 2.11 bits per heavy atom. The van der Waals surface area contributed by atoms with Crippen LogP contribution < -0.4 is 9.47 Å². The van der Waals surface area contributed by atoms with E-state index in [-0.39, 0.29) is 12.0 Å². The number of carbonyl (C=O) groups is 2. The molecule has 1 aliphatic heterocycles. The Morgan fingerprint density at radius 2 is 1.48 bits per heavy atom. The van der Waals surface area contributed by atoms with E-state index in [2.05, 4.69) is 0 Å². The first kappa shape index (κ1) is 18.8. The number of piperazine rings is 1. The van der Waals surface area contributed by atoms with Crippen LogP contribution in [0, 0.1) is 0 Å². The third-order valence-electron chi connectivity index (χ3n) is 4.63. The Balaban J connectivity index is 1.42. The van der Waals surface area contributed by atoms with Crippen LogP contribution in [0.1, 0.15) is 12.0 Å². The van der Waals surface area contributed by atoms with Gasteiger partial charge < -0.3 is 19.3 Å². The molecule has 142 valence electrons. The van der Waals surface area contributed by atoms with Gasteiger partial charge in [0.05, 0.1) is 7.11 Å². The maximum Gasteiger partial charge on any atom is 0.415 e. The molecule has 1 fully saturated rings. The van der Waals surface area contributed by atoms with Crippen molar-refractivity contribution < 1.29 is 19.1 Å². The molecule has 0 spiro atoms. The molecule has 2 aromatic carbocycles. The molecule has 0 aliphatic carbocycles. The van der Waals surface area contributed by atoms with Gasteiger partial charge in [0.2, 0.25) is 5.91 Å². The van der Waals surface area contributed by atoms with E-state index in [9.17, 15) is 9.59 Å². The van der Waals surface area contributed by atoms with Crippen LogP contribution in [0.3, 0.4) is 0 Å². The van der Waals surface area contributed by atoms with Gasteiger partial charge in [-0.15, -0.1) is 0 Å². The van der Waals surface area contributed by atoms with Crippen LogP contribution in [0.2, 0.25) is 0 Å². The minimum atomic E-state index is -0.369. The Morgan fingerprint density at radius 1 is 0.852 bits per heavy atom. The molecule has 1 aliphatic rings. The van der Waals surface area contributed by atoms with Crippen LogP contribution in [-0.2, 0) is 11.2 Å². The van der Waals surface area contributed by atoms with E-state index in [1.165, 1.54) is 0 Å². The molecule has 3 rings (SSSR count). The molecule has 6 nitrogen and oxygen atoms in total. The van der Waals surface area contributed by atoms with E-state index in [0.717, 1.165) is 11.3 Å². The summed E-state index contributed by atoms with van der Waals surface area (Å²) >= 11 is 0. The summed E-state index contributed by atoms with van der Waals surface area (Å²) in [5, 5.41) is 0. The van der Waals surface area contributed by atoms with E-state index < -0.39 is 0 Å². The Labute approximate surface area is 159 Å². The molecule has 0 unspecified atom stereocenters. The second kappa shape index (κ2) is 9.07. The third kappa shape index (κ3) is 5.23. The fourth-order valence-corrected chi connectivity index (χ4v) is 2.99. The van der Waals surface area contributed by atoms with Crippen molar-refractivity contribution in [2.24, 2.45) is 0 Å². The number of rotatable bonds is 5. The quantitative estimate of drug-likeness (QED) is 0.814. The number of benzene rings is 2. The topological polar surface area (TPSA) is 59.1 Å². The van der Waals surface area contributed by atoms with Crippen molar-refractivity contribution in [3.63, 3.8) is 0 Å². The summed E-state index contributed by atoms with van der Waals surface area (Å²) in [6.07, 6.45) is 0.784. The van der Waals surface area contributed by atoms with E-state index >= 15 is 0 Å². The first-order valence-electron chi connectivity index (χ1n) is 9.08. The van der Waals surface area contributed by atoms with E-state index in [1.54, 1.807) is 24.1 Å². The monoisotopic (exact) mass is 368 g/mol. The lowest BCUT2D eigenvalue weighted by atomic mass is 10.1. The first-order chi connectivity index (χ1) is 13.2. The number of methoxy groups -OCH3 is 1. The lowest BCUT2D eigenvalue weighted by molar-refractivity contribution is -0.132. The standard InChI is InChI=1S/C21H24N2O4/c1-26-18-10-7-17(8-11-18)9-12-20(24)22-13-15-23(16-14-22)21(25)27-19-5-3-2-4-6-19/h2-8,10-11H,9,12-16H2,1H3. The van der Waals surface area contributed by atoms with E-state index in [1.807, 2.05) is 47.4 Å². The Hall–Kier alpha value is -3.02. The van der Waals surface area contributed by atoms with Crippen LogP contribution in [-0.4, -0.2) is 55.1 Å². The highest BCUT2D eigenvalue weighted by molar-refractivity contribution is 5.77. The molecule has 1 saturated heterocycles. The number of aryl methyl sites for hydroxylation is 1. The van der Waals surface area contributed by atoms with Gasteiger partial charge in [0, 0.05) is 32.6 Å². The summed E-state index contributed by atoms with van der Waals surface area (Å²) in [6.45, 7) is 2.04. The Bertz CT molecular complexity index is 754. The van der Waals surface area contributed by atoms with Crippen LogP contribution in [0.5, 0.6) is 11.5 Å². The number of ether oxygens (including phenoxy) is 2. The molecule has 0 atom stereocenters. The van der Waals surface area contributed by atoms with Gasteiger partial charge in [0.1, 0.15) is 11.5 Å². The molecular formula is C21H24N2O4. The summed E-state index contributed by atoms with van der Waals surface area (Å²) in [6, 6.07) is 16.8. The molecule has 2 aromatic rings. The first-order valence-corrected chi connectivity index (χ1v) is 9.08. The molecule has 0 radical (unpaired) electrons. The van der Waals surface area contributed by atoms with Crippen molar-refractivity contribution in [3.8, 4) is 11.5 Å². The molecule has 1 heterocycles. The number of carbonyl (C=O) groups excluding carboxylic acids is 2. The summed E-state index contributed by atoms with van der Waals surface area (Å²) < 4.78 is 10.5. The van der Waals surface area contributed by atoms with Crippen molar-refractivity contribution >= 4 is 12.0 Å². The van der Waals surface area contributed by atoms with Crippen molar-refractivity contribution in [1.29, 1.82) is 0 Å². The molecular weight excluding hydrogens is 344 g/mol. The van der Waals surface area contributed by atoms with Crippen molar-refractivity contribution in [1.82, 2.24) is 9.80 Å². The second-order valence-electron chi connectivity index (χ2n) is 6.40. The van der Waals surface area contributed by atoms with Gasteiger partial charge in [-0.3, -0.25) is 4.79 Å². The van der Waals surface area contributed by atoms with Gasteiger partial charge >= 0.3 is 6.09 Å². The van der Waals surface area contributed by atoms with Gasteiger partial charge in [-0.05, 0) is 36.2 Å². The number of amides is 2. The van der Waals surface area contributed by atoms with Crippen LogP contribution >= 0.6 is 0 Å². The number of hydrogen-bond acceptors (Lipinski definition) is 4. The maximum absolute atomic E-state index is 12.4. The minimum Gasteiger partial charge on any atom is -0.497 e. The molecule has 0 aromatic heterocycles. The SMILES string of the molecule is COc1ccc(CCC(=O)N2CCN(C(=O)Oc3ccccc3)CC2)cc1. The zero-order valence-electron chi connectivity index (χ0n) is 15.5. The lowest BCUT2D eigenvalue weighted by Gasteiger charge is -2.34. The maximum atomic E-state index is 12.4. The highest BCUT2D eigenvalue weighted by Gasteiger charge is 2.25. The van der Waals surface area contributed by atoms with Gasteiger partial charge in [-0.25, -0.2) is 4.79 Å². The zero-order valence-corrected chi connectivity index (χ0v) is 15.5. The van der Waals surface area contributed by atoms with E-state index in [4.69, 9.17) is 9.47 Å². The van der Waals surface area contributed by atoms with Gasteiger partial charge in [0.15, 0.2) is 0 Å². The second-order valence-corrected chi connectivity index (χ2v) is 6.40. The zero-order chi connectivity index (χ0) is 19.1. The predicted molar refractivity (Wildman–Crippen MR) is 102 cm³/mol. The van der Waals surface area contributed by atoms with Crippen LogP contribution in [0.25, 0.3) is 0 Å². The third-order valence-corrected chi connectivity index (χ3v) is 4.63. The van der Waals surface area contributed by atoms with Gasteiger partial charge in [-0.2, -0.15) is 0 Å². The molecule has 0 saturated carbocycles. The minimum absolute atomic E-state index is 0.113. The van der Waals surface area contributed by atoms with Crippen LogP contribution in [0.4, 0.5) is 4.79 Å². The van der Waals surface area contributed by atoms with Crippen molar-refractivity contribution in [2.75, 3.05) is 33.3 Å². The molecule has 2 amide bonds. The average molecular weight is 368 g/mol. The summed E-state index contributed by atoms with van der Waals surface area (Å²) in [4.78, 5) is 28.1. The fourth-order valence-electron chi connectivity index (χ4n) is 2.99. The summed E-state index contributed by atoms with van der Waals surface area (Å²) in [5.41, 5.74) is 1.11. The van der Waals surface area contributed by atoms with Crippen LogP contribution in [0.15, 0.2) is 54.6 Å². The lowest BCUT2D eigenvalue weighted by Crippen LogP contribution is -2.51. The number of para-hydroxylation sites is 1. The molecule has 0 N–H and O–H groups in total. The predicted octanol–water partition coefficient (Wildman–Crippen LogP) is 2.97. The van der Waals surface area contributed by atoms with E-state index in [0.29, 0.717) is 44.8 Å². The fraction of sp³-hybridized carbons (Fsp3) is 0.333. The highest BCUT2D eigenvalue weighted by Crippen LogP contribution is 2.15. The van der Waals surface area contributed by atoms with Crippen molar-refractivity contribution in [2.45, 2.75) is 12.8 Å². The van der Waals surface area contributed by atoms with Gasteiger partial charge in [0.25, 0.3) is 0 Å². The normalized spacial score (nSPS) is 14.0. The van der Waals surface area contributed by atoms with Crippen molar-refractivity contribution in [3.05, 3.63) is 60.2 Å². The highest BCUT2D eigenvalue weighted by atomic mass is 16.6. The summed E-state index contributed by atoms with van der Waals surface area (Å²) in [7, 11) is 1.63. The average Bonchev–Trinajstić information content (AvgIpc) is 2.73. The van der Waals surface area contributed by atoms with Gasteiger partial charge in [-0.1, -0.05) is 30.3 Å². The Kier molecular flexibility index (Phi) is 6.30.